The molecule has 1 atom stereocenters. The summed E-state index contributed by atoms with van der Waals surface area (Å²) in [6.45, 7) is 7.38. The number of amides is 3. The molecule has 1 unspecified atom stereocenters. The van der Waals surface area contributed by atoms with E-state index in [1.54, 1.807) is 11.0 Å². The number of imide groups is 1. The monoisotopic (exact) mass is 449 g/mol. The zero-order valence-electron chi connectivity index (χ0n) is 18.2. The number of carbonyl (C=O) groups is 3. The van der Waals surface area contributed by atoms with Crippen molar-refractivity contribution in [3.63, 3.8) is 0 Å². The summed E-state index contributed by atoms with van der Waals surface area (Å²) in [5.41, 5.74) is -0.0481. The molecule has 1 aromatic rings. The zero-order chi connectivity index (χ0) is 22.8. The minimum absolute atomic E-state index is 0.00300. The highest BCUT2D eigenvalue weighted by atomic mass is 32.2. The third-order valence-corrected chi connectivity index (χ3v) is 5.77. The molecule has 2 saturated heterocycles. The fourth-order valence-electron chi connectivity index (χ4n) is 3.61. The summed E-state index contributed by atoms with van der Waals surface area (Å²) >= 11 is 0.781. The Morgan fingerprint density at radius 2 is 1.84 bits per heavy atom. The Bertz CT molecular complexity index is 918. The summed E-state index contributed by atoms with van der Waals surface area (Å²) in [4.78, 5) is 38.7. The van der Waals surface area contributed by atoms with Crippen LogP contribution >= 0.6 is 11.8 Å². The highest BCUT2D eigenvalue weighted by Crippen LogP contribution is 2.38. The number of hydrogen-bond acceptors (Lipinski definition) is 8. The maximum atomic E-state index is 13.3. The number of ether oxygens (including phenoxy) is 3. The van der Waals surface area contributed by atoms with Gasteiger partial charge in [-0.1, -0.05) is 0 Å². The molecule has 1 aromatic carbocycles. The van der Waals surface area contributed by atoms with Crippen LogP contribution in [0.4, 0.5) is 9.59 Å². The van der Waals surface area contributed by atoms with Crippen molar-refractivity contribution in [1.29, 1.82) is 0 Å². The van der Waals surface area contributed by atoms with Gasteiger partial charge in [0.15, 0.2) is 11.5 Å². The summed E-state index contributed by atoms with van der Waals surface area (Å²) in [6, 6.07) is 3.14. The second kappa shape index (κ2) is 9.19. The molecule has 2 N–H and O–H groups in total. The van der Waals surface area contributed by atoms with Crippen LogP contribution in [0.25, 0.3) is 6.08 Å². The minimum Gasteiger partial charge on any atom is -0.493 e. The van der Waals surface area contributed by atoms with Gasteiger partial charge in [0.05, 0.1) is 19.1 Å². The fraction of sp³-hybridized carbons (Fsp3) is 0.476. The topological polar surface area (TPSA) is 106 Å². The average molecular weight is 450 g/mol. The van der Waals surface area contributed by atoms with Crippen LogP contribution in [0.2, 0.25) is 0 Å². The predicted octanol–water partition coefficient (Wildman–Crippen LogP) is 2.99. The molecule has 0 radical (unpaired) electrons. The first-order valence-electron chi connectivity index (χ1n) is 9.86. The zero-order valence-corrected chi connectivity index (χ0v) is 19.1. The molecule has 168 valence electrons. The van der Waals surface area contributed by atoms with Crippen LogP contribution in [0.3, 0.4) is 0 Å². The van der Waals surface area contributed by atoms with Gasteiger partial charge in [0, 0.05) is 29.8 Å². The Morgan fingerprint density at radius 3 is 2.35 bits per heavy atom. The number of thioether (sulfide) groups is 1. The first-order valence-corrected chi connectivity index (χ1v) is 10.7. The highest BCUT2D eigenvalue weighted by Gasteiger charge is 2.36. The maximum Gasteiger partial charge on any atom is 0.415 e. The molecule has 10 heteroatoms. The molecule has 2 heterocycles. The van der Waals surface area contributed by atoms with Crippen molar-refractivity contribution < 1.29 is 28.6 Å². The second-order valence-corrected chi connectivity index (χ2v) is 9.17. The Morgan fingerprint density at radius 1 is 1.16 bits per heavy atom. The summed E-state index contributed by atoms with van der Waals surface area (Å²) in [6.07, 6.45) is 1.81. The largest absolute Gasteiger partial charge is 0.493 e. The molecular weight excluding hydrogens is 422 g/mol. The quantitative estimate of drug-likeness (QED) is 0.661. The molecule has 2 aliphatic rings. The molecule has 0 aliphatic carbocycles. The van der Waals surface area contributed by atoms with E-state index in [9.17, 15) is 14.4 Å². The number of benzene rings is 1. The van der Waals surface area contributed by atoms with Gasteiger partial charge in [-0.15, -0.1) is 0 Å². The summed E-state index contributed by atoms with van der Waals surface area (Å²) in [5, 5.41) is 5.03. The van der Waals surface area contributed by atoms with E-state index >= 15 is 0 Å². The average Bonchev–Trinajstić information content (AvgIpc) is 3.31. The molecule has 31 heavy (non-hydrogen) atoms. The molecule has 0 bridgehead atoms. The Labute approximate surface area is 185 Å². The number of rotatable bonds is 5. The minimum atomic E-state index is -0.507. The van der Waals surface area contributed by atoms with Gasteiger partial charge in [0.1, 0.15) is 5.75 Å². The number of nitrogens with one attached hydrogen (secondary N) is 2. The second-order valence-electron chi connectivity index (χ2n) is 8.15. The Hall–Kier alpha value is -2.72. The van der Waals surface area contributed by atoms with E-state index in [1.165, 1.54) is 26.4 Å². The number of hydrogen-bond donors (Lipinski definition) is 2. The van der Waals surface area contributed by atoms with E-state index in [0.717, 1.165) is 24.7 Å². The van der Waals surface area contributed by atoms with Gasteiger partial charge in [-0.05, 0) is 57.6 Å². The lowest BCUT2D eigenvalue weighted by molar-refractivity contribution is -0.115. The van der Waals surface area contributed by atoms with E-state index in [1.807, 2.05) is 20.8 Å². The van der Waals surface area contributed by atoms with Gasteiger partial charge >= 0.3 is 6.09 Å². The van der Waals surface area contributed by atoms with E-state index in [4.69, 9.17) is 14.2 Å². The maximum absolute atomic E-state index is 13.3. The lowest BCUT2D eigenvalue weighted by Crippen LogP contribution is -2.53. The van der Waals surface area contributed by atoms with Crippen LogP contribution in [0.15, 0.2) is 17.0 Å². The normalized spacial score (nSPS) is 20.0. The van der Waals surface area contributed by atoms with Crippen molar-refractivity contribution in [2.75, 3.05) is 27.3 Å². The smallest absolute Gasteiger partial charge is 0.415 e. The van der Waals surface area contributed by atoms with Gasteiger partial charge in [-0.2, -0.15) is 0 Å². The summed E-state index contributed by atoms with van der Waals surface area (Å²) in [5.74, 6) is 0.465. The molecule has 0 aromatic heterocycles. The fourth-order valence-corrected chi connectivity index (χ4v) is 4.29. The number of nitrogens with zero attached hydrogens (tertiary/aromatic N) is 1. The molecule has 3 rings (SSSR count). The Balaban J connectivity index is 2.00. The molecular formula is C21H27N3O6S. The SMILES string of the molecule is COc1cc(C=C2SC(=O)NC2=O)c(OC(=O)N(C2CCNC2)C(C)(C)C)cc1OC. The first-order chi connectivity index (χ1) is 14.6. The van der Waals surface area contributed by atoms with Crippen LogP contribution < -0.4 is 24.8 Å². The van der Waals surface area contributed by atoms with Crippen molar-refractivity contribution >= 4 is 35.1 Å². The van der Waals surface area contributed by atoms with Crippen molar-refractivity contribution in [3.8, 4) is 17.2 Å². The van der Waals surface area contributed by atoms with Crippen molar-refractivity contribution in [3.05, 3.63) is 22.6 Å². The molecule has 3 amide bonds. The van der Waals surface area contributed by atoms with Crippen LogP contribution in [-0.2, 0) is 4.79 Å². The number of methoxy groups -OCH3 is 2. The van der Waals surface area contributed by atoms with Crippen molar-refractivity contribution in [2.45, 2.75) is 38.8 Å². The van der Waals surface area contributed by atoms with E-state index < -0.39 is 22.8 Å². The first kappa shape index (κ1) is 23.0. The van der Waals surface area contributed by atoms with Crippen LogP contribution in [0.1, 0.15) is 32.8 Å². The highest BCUT2D eigenvalue weighted by molar-refractivity contribution is 8.18. The third-order valence-electron chi connectivity index (χ3n) is 4.96. The van der Waals surface area contributed by atoms with Gasteiger partial charge in [0.25, 0.3) is 11.1 Å². The molecule has 2 fully saturated rings. The van der Waals surface area contributed by atoms with E-state index in [0.29, 0.717) is 23.6 Å². The lowest BCUT2D eigenvalue weighted by atomic mass is 10.0. The summed E-state index contributed by atoms with van der Waals surface area (Å²) in [7, 11) is 2.96. The molecule has 9 nitrogen and oxygen atoms in total. The molecule has 0 spiro atoms. The van der Waals surface area contributed by atoms with Crippen molar-refractivity contribution in [2.24, 2.45) is 0 Å². The van der Waals surface area contributed by atoms with Gasteiger partial charge in [-0.3, -0.25) is 19.8 Å². The van der Waals surface area contributed by atoms with Gasteiger partial charge in [-0.25, -0.2) is 4.79 Å². The predicted molar refractivity (Wildman–Crippen MR) is 118 cm³/mol. The summed E-state index contributed by atoms with van der Waals surface area (Å²) < 4.78 is 16.5. The van der Waals surface area contributed by atoms with E-state index in [-0.39, 0.29) is 16.7 Å². The third kappa shape index (κ3) is 5.13. The standard InChI is InChI=1S/C21H27N3O6S/c1-21(2,3)24(13-6-7-22-11-13)20(27)30-14-10-16(29-5)15(28-4)8-12(14)9-17-18(25)23-19(26)31-17/h8-10,13,22H,6-7,11H2,1-5H3,(H,23,25,26). The molecule has 0 saturated carbocycles. The van der Waals surface area contributed by atoms with E-state index in [2.05, 4.69) is 10.6 Å². The Kier molecular flexibility index (Phi) is 6.80. The van der Waals surface area contributed by atoms with Crippen LogP contribution in [0, 0.1) is 0 Å². The molecule has 2 aliphatic heterocycles. The van der Waals surface area contributed by atoms with Crippen molar-refractivity contribution in [1.82, 2.24) is 15.5 Å². The van der Waals surface area contributed by atoms with Crippen LogP contribution in [0.5, 0.6) is 17.2 Å². The lowest BCUT2D eigenvalue weighted by Gasteiger charge is -2.39. The van der Waals surface area contributed by atoms with Gasteiger partial charge in [0.2, 0.25) is 0 Å². The number of carbonyl (C=O) groups excluding carboxylic acids is 3. The van der Waals surface area contributed by atoms with Crippen LogP contribution in [-0.4, -0.2) is 61.0 Å². The van der Waals surface area contributed by atoms with Gasteiger partial charge < -0.3 is 19.5 Å².